The van der Waals surface area contributed by atoms with Crippen molar-refractivity contribution in [1.82, 2.24) is 13.7 Å². The van der Waals surface area contributed by atoms with Crippen molar-refractivity contribution in [2.45, 2.75) is 0 Å². The van der Waals surface area contributed by atoms with E-state index in [4.69, 9.17) is 0 Å². The molecule has 0 aliphatic carbocycles. The lowest BCUT2D eigenvalue weighted by Gasteiger charge is -2.29. The summed E-state index contributed by atoms with van der Waals surface area (Å²) in [6.07, 6.45) is 0. The third-order valence-corrected chi connectivity index (χ3v) is 24.8. The van der Waals surface area contributed by atoms with Crippen LogP contribution < -0.4 is 14.7 Å². The van der Waals surface area contributed by atoms with Gasteiger partial charge < -0.3 is 28.4 Å². The first-order chi connectivity index (χ1) is 61.6. The Balaban J connectivity index is 0.000000108. The predicted molar refractivity (Wildman–Crippen MR) is 529 cm³/mol. The lowest BCUT2D eigenvalue weighted by atomic mass is 9.94. The van der Waals surface area contributed by atoms with E-state index in [0.29, 0.717) is 0 Å². The van der Waals surface area contributed by atoms with Gasteiger partial charge in [0.25, 0.3) is 0 Å². The van der Waals surface area contributed by atoms with Crippen LogP contribution in [-0.2, 0) is 0 Å². The highest BCUT2D eigenvalue weighted by Crippen LogP contribution is 2.51. The van der Waals surface area contributed by atoms with E-state index >= 15 is 0 Å². The van der Waals surface area contributed by atoms with Crippen LogP contribution in [0.25, 0.3) is 158 Å². The molecular weight excluding hydrogens is 1500 g/mol. The number of anilines is 9. The SMILES string of the molecule is c1ccc(N(c2ccc3cc(-n4c5ccccc5c5ccccc54)ccc3c2)c2cccc3ccccc23)cc1.c1ccc(N(c2ccccc2)c2c3ccccc3c(-n3c4ccccc4c4ccccc43)c3ccccc23)cc1.c1ccc(N(c2ccccc2)c2cc3c4ccccc4c(-n4c5ccccc5c5ccccc54)cc3c3ccccc23)cc1. The van der Waals surface area contributed by atoms with Gasteiger partial charge in [-0.3, -0.25) is 0 Å². The zero-order valence-electron chi connectivity index (χ0n) is 67.9. The van der Waals surface area contributed by atoms with E-state index in [1.54, 1.807) is 0 Å². The summed E-state index contributed by atoms with van der Waals surface area (Å²) in [6, 6.07) is 175. The maximum Gasteiger partial charge on any atom is 0.0620 e. The number of fused-ring (bicyclic) bond motifs is 18. The molecule has 3 heterocycles. The molecule has 0 fully saturated rings. The van der Waals surface area contributed by atoms with Crippen molar-refractivity contribution in [2.75, 3.05) is 14.7 Å². The van der Waals surface area contributed by atoms with Crippen LogP contribution in [-0.4, -0.2) is 13.7 Å². The van der Waals surface area contributed by atoms with Gasteiger partial charge in [0.05, 0.1) is 61.5 Å². The third-order valence-electron chi connectivity index (χ3n) is 24.8. The van der Waals surface area contributed by atoms with Crippen molar-refractivity contribution >= 4 is 192 Å². The average molecular weight is 1580 g/mol. The fourth-order valence-corrected chi connectivity index (χ4v) is 19.4. The van der Waals surface area contributed by atoms with Crippen LogP contribution in [0.1, 0.15) is 0 Å². The zero-order valence-corrected chi connectivity index (χ0v) is 67.9. The maximum absolute atomic E-state index is 2.47. The van der Waals surface area contributed by atoms with Crippen molar-refractivity contribution in [3.05, 3.63) is 485 Å². The largest absolute Gasteiger partial charge is 0.310 e. The molecule has 0 atom stereocenters. The van der Waals surface area contributed by atoms with Gasteiger partial charge >= 0.3 is 0 Å². The van der Waals surface area contributed by atoms with E-state index < -0.39 is 0 Å². The molecule has 0 aliphatic heterocycles. The van der Waals surface area contributed by atoms with Crippen LogP contribution in [0.5, 0.6) is 0 Å². The molecule has 0 spiro atoms. The molecule has 0 saturated heterocycles. The highest BCUT2D eigenvalue weighted by Gasteiger charge is 2.27. The van der Waals surface area contributed by atoms with E-state index in [9.17, 15) is 0 Å². The molecule has 0 saturated carbocycles. The lowest BCUT2D eigenvalue weighted by Crippen LogP contribution is -2.12. The van der Waals surface area contributed by atoms with Crippen molar-refractivity contribution in [3.8, 4) is 17.1 Å². The van der Waals surface area contributed by atoms with Crippen molar-refractivity contribution in [3.63, 3.8) is 0 Å². The molecule has 0 unspecified atom stereocenters. The number of nitrogens with zero attached hydrogens (tertiary/aromatic N) is 6. The van der Waals surface area contributed by atoms with Gasteiger partial charge in [-0.1, -0.05) is 346 Å². The molecular formula is C118H80N6. The maximum atomic E-state index is 2.47. The zero-order chi connectivity index (χ0) is 82.0. The van der Waals surface area contributed by atoms with Crippen LogP contribution in [0.3, 0.4) is 0 Å². The quantitative estimate of drug-likeness (QED) is 0.0900. The van der Waals surface area contributed by atoms with E-state index in [1.807, 2.05) is 0 Å². The Bertz CT molecular complexity index is 8080. The third kappa shape index (κ3) is 12.4. The minimum Gasteiger partial charge on any atom is -0.310 e. The highest BCUT2D eigenvalue weighted by molar-refractivity contribution is 6.25. The first kappa shape index (κ1) is 72.7. The summed E-state index contributed by atoms with van der Waals surface area (Å²) in [5, 5.41) is 24.8. The normalized spacial score (nSPS) is 11.5. The first-order valence-corrected chi connectivity index (χ1v) is 42.6. The fourth-order valence-electron chi connectivity index (χ4n) is 19.4. The molecule has 3 aromatic heterocycles. The topological polar surface area (TPSA) is 24.5 Å². The smallest absolute Gasteiger partial charge is 0.0620 e. The van der Waals surface area contributed by atoms with Gasteiger partial charge in [0.15, 0.2) is 0 Å². The molecule has 124 heavy (non-hydrogen) atoms. The predicted octanol–water partition coefficient (Wildman–Crippen LogP) is 32.8. The van der Waals surface area contributed by atoms with Crippen LogP contribution in [0.15, 0.2) is 485 Å². The number of hydrogen-bond acceptors (Lipinski definition) is 3. The van der Waals surface area contributed by atoms with E-state index in [1.165, 1.54) is 175 Å². The second-order valence-electron chi connectivity index (χ2n) is 31.8. The van der Waals surface area contributed by atoms with Gasteiger partial charge in [0.2, 0.25) is 0 Å². The molecule has 22 aromatic carbocycles. The van der Waals surface area contributed by atoms with Crippen LogP contribution in [0.2, 0.25) is 0 Å². The molecule has 0 radical (unpaired) electrons. The molecule has 25 aromatic rings. The van der Waals surface area contributed by atoms with Gasteiger partial charge in [-0.25, -0.2) is 0 Å². The Labute approximate surface area is 717 Å². The summed E-state index contributed by atoms with van der Waals surface area (Å²) in [4.78, 5) is 7.15. The molecule has 6 heteroatoms. The van der Waals surface area contributed by atoms with Gasteiger partial charge in [-0.15, -0.1) is 0 Å². The molecule has 582 valence electrons. The molecule has 0 N–H and O–H groups in total. The second-order valence-corrected chi connectivity index (χ2v) is 31.8. The number of aromatic nitrogens is 3. The lowest BCUT2D eigenvalue weighted by molar-refractivity contribution is 1.19. The van der Waals surface area contributed by atoms with Crippen LogP contribution in [0.4, 0.5) is 51.2 Å². The highest BCUT2D eigenvalue weighted by atomic mass is 15.2. The minimum absolute atomic E-state index is 1.13. The summed E-state index contributed by atoms with van der Waals surface area (Å²) in [5.41, 5.74) is 21.3. The Hall–Kier alpha value is -16.5. The Morgan fingerprint density at radius 1 is 0.145 bits per heavy atom. The van der Waals surface area contributed by atoms with E-state index in [2.05, 4.69) is 514 Å². The average Bonchev–Trinajstić information content (AvgIpc) is 1.75. The van der Waals surface area contributed by atoms with Gasteiger partial charge in [-0.05, 0) is 177 Å². The monoisotopic (exact) mass is 1580 g/mol. The van der Waals surface area contributed by atoms with Crippen LogP contribution in [0, 0.1) is 0 Å². The fraction of sp³-hybridized carbons (Fsp3) is 0. The summed E-state index contributed by atoms with van der Waals surface area (Å²) in [7, 11) is 0. The van der Waals surface area contributed by atoms with Crippen LogP contribution >= 0.6 is 0 Å². The minimum atomic E-state index is 1.13. The molecule has 6 nitrogen and oxygen atoms in total. The second kappa shape index (κ2) is 31.0. The van der Waals surface area contributed by atoms with Gasteiger partial charge in [0, 0.05) is 110 Å². The Kier molecular flexibility index (Phi) is 18.2. The Morgan fingerprint density at radius 2 is 0.460 bits per heavy atom. The van der Waals surface area contributed by atoms with Crippen molar-refractivity contribution in [2.24, 2.45) is 0 Å². The summed E-state index contributed by atoms with van der Waals surface area (Å²) in [6.45, 7) is 0. The molecule has 25 rings (SSSR count). The summed E-state index contributed by atoms with van der Waals surface area (Å²) in [5.74, 6) is 0. The molecule has 0 amide bonds. The van der Waals surface area contributed by atoms with Crippen molar-refractivity contribution in [1.29, 1.82) is 0 Å². The van der Waals surface area contributed by atoms with Gasteiger partial charge in [-0.2, -0.15) is 0 Å². The van der Waals surface area contributed by atoms with E-state index in [0.717, 1.165) is 34.1 Å². The summed E-state index contributed by atoms with van der Waals surface area (Å²) < 4.78 is 7.30. The number of benzene rings is 22. The number of rotatable bonds is 12. The van der Waals surface area contributed by atoms with Gasteiger partial charge in [0.1, 0.15) is 0 Å². The van der Waals surface area contributed by atoms with E-state index in [-0.39, 0.29) is 0 Å². The molecule has 0 bridgehead atoms. The number of hydrogen-bond donors (Lipinski definition) is 0. The standard InChI is InChI=1S/C42H28N2.2C38H26N2/c1-3-15-29(16-4-1)43(30-17-5-2-6-18-30)41-27-37-32-20-8-10-22-34(32)42(28-38(37)31-19-7-9-21-33(31)41)44-39-25-13-11-23-35(39)36-24-12-14-26-40(36)44;1-3-15-27(16-4-1)39(28-17-5-2-6-18-28)37-31-21-7-9-23-33(31)38(34-24-10-8-22-32(34)37)40-35-25-13-11-19-29(35)30-20-12-14-26-36(30)40;1-2-13-30(14-3-1)39(36-20-10-12-27-11-4-5-15-33(27)36)31-23-21-29-26-32(24-22-28(29)25-31)40-37-18-8-6-16-34(37)35-17-7-9-19-38(35)40/h1-28H;2*1-26H. The first-order valence-electron chi connectivity index (χ1n) is 42.6. The summed E-state index contributed by atoms with van der Waals surface area (Å²) >= 11 is 0. The van der Waals surface area contributed by atoms with Crippen molar-refractivity contribution < 1.29 is 0 Å². The molecule has 0 aliphatic rings. The number of para-hydroxylation sites is 11. The Morgan fingerprint density at radius 3 is 0.919 bits per heavy atom.